The molecule has 5 nitrogen and oxygen atoms in total. The first-order valence-corrected chi connectivity index (χ1v) is 6.44. The molecule has 1 aromatic heterocycles. The average molecular weight is 305 g/mol. The third kappa shape index (κ3) is 4.51. The third-order valence-corrected chi connectivity index (χ3v) is 3.19. The van der Waals surface area contributed by atoms with Crippen molar-refractivity contribution in [3.8, 4) is 0 Å². The summed E-state index contributed by atoms with van der Waals surface area (Å²) in [7, 11) is 0. The molecule has 0 unspecified atom stereocenters. The van der Waals surface area contributed by atoms with Crippen LogP contribution in [0.2, 0.25) is 0 Å². The second-order valence-corrected chi connectivity index (χ2v) is 5.06. The number of halogens is 3. The Kier molecular flexibility index (Phi) is 4.24. The van der Waals surface area contributed by atoms with Crippen molar-refractivity contribution in [1.29, 1.82) is 0 Å². The van der Waals surface area contributed by atoms with Gasteiger partial charge in [0.1, 0.15) is 6.26 Å². The molecule has 8 heteroatoms. The molecule has 0 aromatic carbocycles. The molecule has 2 rings (SSSR count). The van der Waals surface area contributed by atoms with Crippen LogP contribution in [0.3, 0.4) is 0 Å². The molecule has 1 aliphatic carbocycles. The van der Waals surface area contributed by atoms with E-state index in [0.717, 1.165) is 30.1 Å². The van der Waals surface area contributed by atoms with Crippen molar-refractivity contribution in [3.05, 3.63) is 23.7 Å². The highest BCUT2D eigenvalue weighted by Crippen LogP contribution is 2.31. The molecule has 0 aliphatic heterocycles. The van der Waals surface area contributed by atoms with Crippen molar-refractivity contribution in [3.63, 3.8) is 0 Å². The normalized spacial score (nSPS) is 15.0. The van der Waals surface area contributed by atoms with Crippen LogP contribution in [0, 0.1) is 5.92 Å². The first-order valence-electron chi connectivity index (χ1n) is 6.44. The largest absolute Gasteiger partial charge is 0.478 e. The van der Waals surface area contributed by atoms with E-state index in [1.54, 1.807) is 0 Å². The second-order valence-electron chi connectivity index (χ2n) is 5.06. The topological polar surface area (TPSA) is 70.7 Å². The number of carbonyl (C=O) groups excluding carboxylic acids is 1. The number of carboxylic acid groups (broad SMARTS) is 1. The van der Waals surface area contributed by atoms with Crippen LogP contribution in [-0.4, -0.2) is 41.1 Å². The zero-order valence-corrected chi connectivity index (χ0v) is 11.0. The maximum Gasteiger partial charge on any atom is 0.390 e. The average Bonchev–Trinajstić information content (AvgIpc) is 3.04. The van der Waals surface area contributed by atoms with Gasteiger partial charge in [0, 0.05) is 19.2 Å². The molecule has 1 heterocycles. The number of nitrogens with zero attached hydrogens (tertiary/aromatic N) is 1. The van der Waals surface area contributed by atoms with Crippen molar-refractivity contribution < 1.29 is 32.3 Å². The lowest BCUT2D eigenvalue weighted by atomic mass is 10.2. The number of hydrogen-bond donors (Lipinski definition) is 1. The Morgan fingerprint density at radius 3 is 2.52 bits per heavy atom. The zero-order chi connectivity index (χ0) is 15.6. The summed E-state index contributed by atoms with van der Waals surface area (Å²) in [6.45, 7) is -0.222. The smallest absolute Gasteiger partial charge is 0.390 e. The minimum atomic E-state index is -4.35. The molecule has 21 heavy (non-hydrogen) atoms. The summed E-state index contributed by atoms with van der Waals surface area (Å²) in [5, 5.41) is 8.75. The lowest BCUT2D eigenvalue weighted by molar-refractivity contribution is -0.136. The SMILES string of the molecule is O=C(O)c1coc(C(=O)N(CCC(F)(F)F)CC2CC2)c1. The van der Waals surface area contributed by atoms with Crippen LogP contribution in [0.25, 0.3) is 0 Å². The molecular formula is C13H14F3NO4. The zero-order valence-electron chi connectivity index (χ0n) is 11.0. The van der Waals surface area contributed by atoms with Gasteiger partial charge in [-0.15, -0.1) is 0 Å². The van der Waals surface area contributed by atoms with Crippen LogP contribution in [0.1, 0.15) is 40.2 Å². The maximum atomic E-state index is 12.3. The van der Waals surface area contributed by atoms with Crippen molar-refractivity contribution in [2.24, 2.45) is 5.92 Å². The predicted octanol–water partition coefficient (Wildman–Crippen LogP) is 2.78. The van der Waals surface area contributed by atoms with Crippen LogP contribution in [-0.2, 0) is 0 Å². The minimum Gasteiger partial charge on any atom is -0.478 e. The van der Waals surface area contributed by atoms with E-state index in [0.29, 0.717) is 0 Å². The van der Waals surface area contributed by atoms with Gasteiger partial charge < -0.3 is 14.4 Å². The molecular weight excluding hydrogens is 291 g/mol. The molecule has 0 bridgehead atoms. The number of carbonyl (C=O) groups is 2. The first kappa shape index (κ1) is 15.4. The molecule has 1 fully saturated rings. The Hall–Kier alpha value is -1.99. The summed E-state index contributed by atoms with van der Waals surface area (Å²) >= 11 is 0. The highest BCUT2D eigenvalue weighted by molar-refractivity contribution is 5.95. The van der Waals surface area contributed by atoms with Crippen molar-refractivity contribution in [1.82, 2.24) is 4.90 Å². The van der Waals surface area contributed by atoms with Gasteiger partial charge in [0.15, 0.2) is 5.76 Å². The van der Waals surface area contributed by atoms with Gasteiger partial charge in [-0.2, -0.15) is 13.2 Å². The van der Waals surface area contributed by atoms with E-state index < -0.39 is 31.0 Å². The minimum absolute atomic E-state index is 0.208. The number of rotatable bonds is 6. The number of furan rings is 1. The van der Waals surface area contributed by atoms with Crippen molar-refractivity contribution in [2.75, 3.05) is 13.1 Å². The van der Waals surface area contributed by atoms with Gasteiger partial charge >= 0.3 is 12.1 Å². The van der Waals surface area contributed by atoms with E-state index in [1.165, 1.54) is 0 Å². The molecule has 0 spiro atoms. The van der Waals surface area contributed by atoms with Gasteiger partial charge in [0.05, 0.1) is 12.0 Å². The standard InChI is InChI=1S/C13H14F3NO4/c14-13(15,16)3-4-17(6-8-1-2-8)11(18)10-5-9(7-21-10)12(19)20/h5,7-8H,1-4,6H2,(H,19,20). The highest BCUT2D eigenvalue weighted by atomic mass is 19.4. The molecule has 116 valence electrons. The summed E-state index contributed by atoms with van der Waals surface area (Å²) in [5.74, 6) is -2.01. The van der Waals surface area contributed by atoms with Crippen molar-refractivity contribution in [2.45, 2.75) is 25.4 Å². The molecule has 0 atom stereocenters. The Bertz CT molecular complexity index is 534. The molecule has 1 saturated carbocycles. The Balaban J connectivity index is 2.06. The lowest BCUT2D eigenvalue weighted by Gasteiger charge is -2.22. The summed E-state index contributed by atoms with van der Waals surface area (Å²) in [5.41, 5.74) is -0.208. The number of hydrogen-bond acceptors (Lipinski definition) is 3. The maximum absolute atomic E-state index is 12.3. The number of amides is 1. The molecule has 1 aromatic rings. The van der Waals surface area contributed by atoms with Gasteiger partial charge in [-0.05, 0) is 18.8 Å². The summed E-state index contributed by atoms with van der Waals surface area (Å²) < 4.78 is 41.8. The van der Waals surface area contributed by atoms with Gasteiger partial charge in [0.25, 0.3) is 5.91 Å². The fourth-order valence-corrected chi connectivity index (χ4v) is 1.87. The van der Waals surface area contributed by atoms with Crippen molar-refractivity contribution >= 4 is 11.9 Å². The third-order valence-electron chi connectivity index (χ3n) is 3.19. The molecule has 0 radical (unpaired) electrons. The first-order chi connectivity index (χ1) is 9.76. The van der Waals surface area contributed by atoms with Gasteiger partial charge in [0.2, 0.25) is 0 Å². The molecule has 1 amide bonds. The van der Waals surface area contributed by atoms with Gasteiger partial charge in [-0.1, -0.05) is 0 Å². The molecule has 1 aliphatic rings. The van der Waals surface area contributed by atoms with E-state index in [9.17, 15) is 22.8 Å². The Morgan fingerprint density at radius 1 is 1.38 bits per heavy atom. The van der Waals surface area contributed by atoms with Crippen LogP contribution >= 0.6 is 0 Å². The second kappa shape index (κ2) is 5.79. The van der Waals surface area contributed by atoms with E-state index in [2.05, 4.69) is 0 Å². The Morgan fingerprint density at radius 2 is 2.05 bits per heavy atom. The van der Waals surface area contributed by atoms with E-state index in [4.69, 9.17) is 9.52 Å². The summed E-state index contributed by atoms with van der Waals surface area (Å²) in [6.07, 6.45) is -2.79. The fraction of sp³-hybridized carbons (Fsp3) is 0.538. The number of carboxylic acids is 1. The highest BCUT2D eigenvalue weighted by Gasteiger charge is 2.33. The van der Waals surface area contributed by atoms with Gasteiger partial charge in [-0.3, -0.25) is 4.79 Å². The van der Waals surface area contributed by atoms with Gasteiger partial charge in [-0.25, -0.2) is 4.79 Å². The Labute approximate surface area is 118 Å². The monoisotopic (exact) mass is 305 g/mol. The fourth-order valence-electron chi connectivity index (χ4n) is 1.87. The van der Waals surface area contributed by atoms with E-state index in [1.807, 2.05) is 0 Å². The molecule has 0 saturated heterocycles. The van der Waals surface area contributed by atoms with E-state index >= 15 is 0 Å². The quantitative estimate of drug-likeness (QED) is 0.877. The van der Waals surface area contributed by atoms with Crippen LogP contribution in [0.5, 0.6) is 0 Å². The van der Waals surface area contributed by atoms with Crippen LogP contribution in [0.15, 0.2) is 16.7 Å². The van der Waals surface area contributed by atoms with Crippen LogP contribution < -0.4 is 0 Å². The molecule has 1 N–H and O–H groups in total. The predicted molar refractivity (Wildman–Crippen MR) is 65.0 cm³/mol. The number of aromatic carboxylic acids is 1. The summed E-state index contributed by atoms with van der Waals surface area (Å²) in [4.78, 5) is 23.9. The lowest BCUT2D eigenvalue weighted by Crippen LogP contribution is -2.35. The van der Waals surface area contributed by atoms with Crippen LogP contribution in [0.4, 0.5) is 13.2 Å². The number of alkyl halides is 3. The summed E-state index contributed by atoms with van der Waals surface area (Å²) in [6, 6.07) is 1.03. The van der Waals surface area contributed by atoms with E-state index in [-0.39, 0.29) is 23.8 Å².